The van der Waals surface area contributed by atoms with E-state index in [1.165, 1.54) is 15.5 Å². The van der Waals surface area contributed by atoms with Crippen molar-refractivity contribution in [2.75, 3.05) is 0 Å². The lowest BCUT2D eigenvalue weighted by Crippen LogP contribution is -1.76. The van der Waals surface area contributed by atoms with E-state index in [-0.39, 0.29) is 0 Å². The summed E-state index contributed by atoms with van der Waals surface area (Å²) >= 11 is 8.03. The van der Waals surface area contributed by atoms with Crippen molar-refractivity contribution in [1.82, 2.24) is 4.98 Å². The van der Waals surface area contributed by atoms with Crippen LogP contribution in [0.4, 0.5) is 0 Å². The van der Waals surface area contributed by atoms with Gasteiger partial charge in [-0.25, -0.2) is 4.98 Å². The third-order valence-electron chi connectivity index (χ3n) is 3.99. The fourth-order valence-corrected chi connectivity index (χ4v) is 4.27. The van der Waals surface area contributed by atoms with Gasteiger partial charge in [-0.3, -0.25) is 0 Å². The zero-order chi connectivity index (χ0) is 15.4. The normalized spacial score (nSPS) is 11.7. The Labute approximate surface area is 140 Å². The molecule has 0 aliphatic rings. The summed E-state index contributed by atoms with van der Waals surface area (Å²) in [4.78, 5) is 4.58. The highest BCUT2D eigenvalue weighted by Crippen LogP contribution is 2.39. The minimum Gasteiger partial charge on any atom is -0.436 e. The van der Waals surface area contributed by atoms with E-state index in [9.17, 15) is 0 Å². The monoisotopic (exact) mass is 335 g/mol. The maximum absolute atomic E-state index is 6.32. The van der Waals surface area contributed by atoms with Gasteiger partial charge in [0.15, 0.2) is 5.58 Å². The minimum atomic E-state index is 0.648. The molecule has 0 amide bonds. The Kier molecular flexibility index (Phi) is 2.75. The molecule has 110 valence electrons. The molecule has 23 heavy (non-hydrogen) atoms. The van der Waals surface area contributed by atoms with Crippen LogP contribution in [-0.4, -0.2) is 4.98 Å². The first-order chi connectivity index (χ1) is 11.3. The lowest BCUT2D eigenvalue weighted by atomic mass is 10.1. The molecule has 3 aromatic carbocycles. The van der Waals surface area contributed by atoms with Gasteiger partial charge in [0.25, 0.3) is 0 Å². The van der Waals surface area contributed by atoms with Gasteiger partial charge in [0.2, 0.25) is 5.89 Å². The molecule has 0 unspecified atom stereocenters. The predicted molar refractivity (Wildman–Crippen MR) is 97.3 cm³/mol. The SMILES string of the molecule is Clc1cccc2c1sc1ccc(-c3nc4ccccc4o3)cc12. The molecule has 0 radical (unpaired) electrons. The predicted octanol–water partition coefficient (Wildman–Crippen LogP) is 6.52. The second kappa shape index (κ2) is 4.82. The molecule has 0 N–H and O–H groups in total. The molecule has 0 atom stereocenters. The molecule has 2 nitrogen and oxygen atoms in total. The van der Waals surface area contributed by atoms with Crippen molar-refractivity contribution >= 4 is 54.2 Å². The van der Waals surface area contributed by atoms with Crippen LogP contribution in [0.2, 0.25) is 5.02 Å². The summed E-state index contributed by atoms with van der Waals surface area (Å²) in [5, 5.41) is 3.16. The van der Waals surface area contributed by atoms with E-state index in [2.05, 4.69) is 29.2 Å². The van der Waals surface area contributed by atoms with Gasteiger partial charge in [-0.05, 0) is 36.4 Å². The highest BCUT2D eigenvalue weighted by atomic mass is 35.5. The van der Waals surface area contributed by atoms with E-state index in [0.717, 1.165) is 26.4 Å². The summed E-state index contributed by atoms with van der Waals surface area (Å²) in [6, 6.07) is 20.1. The van der Waals surface area contributed by atoms with Gasteiger partial charge in [0, 0.05) is 21.0 Å². The first-order valence-electron chi connectivity index (χ1n) is 7.26. The third-order valence-corrected chi connectivity index (χ3v) is 5.64. The van der Waals surface area contributed by atoms with Gasteiger partial charge < -0.3 is 4.42 Å². The molecule has 2 heterocycles. The van der Waals surface area contributed by atoms with Crippen molar-refractivity contribution in [3.05, 3.63) is 65.7 Å². The van der Waals surface area contributed by atoms with Crippen LogP contribution < -0.4 is 0 Å². The molecule has 0 aliphatic carbocycles. The Bertz CT molecular complexity index is 1160. The summed E-state index contributed by atoms with van der Waals surface area (Å²) in [6.45, 7) is 0. The fraction of sp³-hybridized carbons (Fsp3) is 0. The molecule has 0 bridgehead atoms. The minimum absolute atomic E-state index is 0.648. The average Bonchev–Trinajstić information content (AvgIpc) is 3.16. The number of oxazole rings is 1. The van der Waals surface area contributed by atoms with Gasteiger partial charge in [0.1, 0.15) is 5.52 Å². The smallest absolute Gasteiger partial charge is 0.227 e. The van der Waals surface area contributed by atoms with Crippen LogP contribution >= 0.6 is 22.9 Å². The average molecular weight is 336 g/mol. The van der Waals surface area contributed by atoms with Crippen LogP contribution in [0.25, 0.3) is 42.7 Å². The Morgan fingerprint density at radius 3 is 2.74 bits per heavy atom. The van der Waals surface area contributed by atoms with Crippen molar-refractivity contribution in [1.29, 1.82) is 0 Å². The number of fused-ring (bicyclic) bond motifs is 4. The third kappa shape index (κ3) is 1.97. The highest BCUT2D eigenvalue weighted by Gasteiger charge is 2.12. The van der Waals surface area contributed by atoms with Crippen molar-refractivity contribution in [3.8, 4) is 11.5 Å². The lowest BCUT2D eigenvalue weighted by Gasteiger charge is -1.97. The molecule has 5 rings (SSSR count). The number of aromatic nitrogens is 1. The van der Waals surface area contributed by atoms with Crippen LogP contribution in [0, 0.1) is 0 Å². The van der Waals surface area contributed by atoms with Crippen LogP contribution in [0.15, 0.2) is 65.1 Å². The van der Waals surface area contributed by atoms with E-state index < -0.39 is 0 Å². The van der Waals surface area contributed by atoms with Crippen molar-refractivity contribution in [2.24, 2.45) is 0 Å². The second-order valence-electron chi connectivity index (χ2n) is 5.42. The molecule has 0 saturated carbocycles. The number of hydrogen-bond donors (Lipinski definition) is 0. The molecule has 0 spiro atoms. The number of para-hydroxylation sites is 2. The van der Waals surface area contributed by atoms with Gasteiger partial charge in [0.05, 0.1) is 9.72 Å². The topological polar surface area (TPSA) is 26.0 Å². The van der Waals surface area contributed by atoms with E-state index >= 15 is 0 Å². The summed E-state index contributed by atoms with van der Waals surface area (Å²) in [5.74, 6) is 0.648. The fourth-order valence-electron chi connectivity index (χ4n) is 2.89. The zero-order valence-electron chi connectivity index (χ0n) is 11.9. The van der Waals surface area contributed by atoms with Crippen LogP contribution in [0.3, 0.4) is 0 Å². The Balaban J connectivity index is 1.78. The molecule has 0 aliphatic heterocycles. The maximum atomic E-state index is 6.32. The quantitative estimate of drug-likeness (QED) is 0.348. The lowest BCUT2D eigenvalue weighted by molar-refractivity contribution is 0.620. The summed E-state index contributed by atoms with van der Waals surface area (Å²) in [7, 11) is 0. The van der Waals surface area contributed by atoms with E-state index in [1.54, 1.807) is 11.3 Å². The first kappa shape index (κ1) is 13.1. The van der Waals surface area contributed by atoms with Crippen LogP contribution in [-0.2, 0) is 0 Å². The number of rotatable bonds is 1. The van der Waals surface area contributed by atoms with Gasteiger partial charge >= 0.3 is 0 Å². The van der Waals surface area contributed by atoms with Crippen molar-refractivity contribution < 1.29 is 4.42 Å². The second-order valence-corrected chi connectivity index (χ2v) is 6.88. The Hall–Kier alpha value is -2.36. The first-order valence-corrected chi connectivity index (χ1v) is 8.46. The molecule has 2 aromatic heterocycles. The number of thiophene rings is 1. The Morgan fingerprint density at radius 2 is 1.83 bits per heavy atom. The van der Waals surface area contributed by atoms with Crippen LogP contribution in [0.1, 0.15) is 0 Å². The number of hydrogen-bond acceptors (Lipinski definition) is 3. The molecular formula is C19H10ClNOS. The van der Waals surface area contributed by atoms with Crippen molar-refractivity contribution in [2.45, 2.75) is 0 Å². The van der Waals surface area contributed by atoms with Crippen LogP contribution in [0.5, 0.6) is 0 Å². The molecule has 4 heteroatoms. The van der Waals surface area contributed by atoms with Gasteiger partial charge in [-0.2, -0.15) is 0 Å². The maximum Gasteiger partial charge on any atom is 0.227 e. The molecule has 5 aromatic rings. The van der Waals surface area contributed by atoms with E-state index in [4.69, 9.17) is 16.0 Å². The summed E-state index contributed by atoms with van der Waals surface area (Å²) in [6.07, 6.45) is 0. The highest BCUT2D eigenvalue weighted by molar-refractivity contribution is 7.26. The number of halogens is 1. The van der Waals surface area contributed by atoms with Gasteiger partial charge in [-0.15, -0.1) is 11.3 Å². The molecule has 0 fully saturated rings. The summed E-state index contributed by atoms with van der Waals surface area (Å²) in [5.41, 5.74) is 2.66. The largest absolute Gasteiger partial charge is 0.436 e. The van der Waals surface area contributed by atoms with Crippen molar-refractivity contribution in [3.63, 3.8) is 0 Å². The standard InChI is InChI=1S/C19H10ClNOS/c20-14-5-3-4-12-13-10-11(8-9-17(13)23-18(12)14)19-21-15-6-1-2-7-16(15)22-19/h1-10H. The number of benzene rings is 3. The molecular weight excluding hydrogens is 326 g/mol. The zero-order valence-corrected chi connectivity index (χ0v) is 13.5. The van der Waals surface area contributed by atoms with E-state index in [1.807, 2.05) is 36.4 Å². The van der Waals surface area contributed by atoms with Gasteiger partial charge in [-0.1, -0.05) is 35.9 Å². The Morgan fingerprint density at radius 1 is 0.913 bits per heavy atom. The van der Waals surface area contributed by atoms with E-state index in [0.29, 0.717) is 5.89 Å². The number of nitrogens with zero attached hydrogens (tertiary/aromatic N) is 1. The summed E-state index contributed by atoms with van der Waals surface area (Å²) < 4.78 is 8.22. The molecule has 0 saturated heterocycles.